The maximum Gasteiger partial charge on any atom is 0.305 e. The Labute approximate surface area is 114 Å². The number of aliphatic carboxylic acids is 1. The zero-order valence-electron chi connectivity index (χ0n) is 10.1. The molecule has 0 bridgehead atoms. The van der Waals surface area contributed by atoms with Gasteiger partial charge in [0.2, 0.25) is 5.91 Å². The summed E-state index contributed by atoms with van der Waals surface area (Å²) in [4.78, 5) is 25.9. The number of thioether (sulfide) groups is 1. The highest BCUT2D eigenvalue weighted by Gasteiger charge is 2.03. The first-order chi connectivity index (χ1) is 8.58. The van der Waals surface area contributed by atoms with Gasteiger partial charge in [-0.1, -0.05) is 0 Å². The smallest absolute Gasteiger partial charge is 0.305 e. The van der Waals surface area contributed by atoms with Gasteiger partial charge >= 0.3 is 5.97 Å². The molecule has 0 saturated heterocycles. The maximum absolute atomic E-state index is 11.3. The molecule has 1 aromatic heterocycles. The first kappa shape index (κ1) is 15.0. The van der Waals surface area contributed by atoms with Crippen molar-refractivity contribution in [3.63, 3.8) is 0 Å². The first-order valence-electron chi connectivity index (χ1n) is 5.55. The molecule has 0 atom stereocenters. The van der Waals surface area contributed by atoms with Crippen molar-refractivity contribution in [1.82, 2.24) is 10.3 Å². The number of nitrogens with one attached hydrogen (secondary N) is 1. The van der Waals surface area contributed by atoms with Crippen LogP contribution in [0.2, 0.25) is 0 Å². The zero-order chi connectivity index (χ0) is 13.4. The Balaban J connectivity index is 2.03. The number of aryl methyl sites for hydroxylation is 1. The molecule has 100 valence electrons. The summed E-state index contributed by atoms with van der Waals surface area (Å²) in [7, 11) is 0. The highest BCUT2D eigenvalue weighted by molar-refractivity contribution is 7.98. The average Bonchev–Trinajstić information content (AvgIpc) is 2.70. The SMILES string of the molecule is Cc1nc(CSCCC(=O)NCCC(=O)O)cs1. The molecule has 0 aliphatic rings. The molecule has 1 heterocycles. The highest BCUT2D eigenvalue weighted by Crippen LogP contribution is 2.15. The molecule has 1 aromatic rings. The number of amides is 1. The van der Waals surface area contributed by atoms with E-state index in [2.05, 4.69) is 10.3 Å². The molecule has 1 amide bonds. The topological polar surface area (TPSA) is 79.3 Å². The van der Waals surface area contributed by atoms with Gasteiger partial charge < -0.3 is 10.4 Å². The molecule has 0 radical (unpaired) electrons. The molecular formula is C11H16N2O3S2. The van der Waals surface area contributed by atoms with Crippen molar-refractivity contribution in [2.45, 2.75) is 25.5 Å². The van der Waals surface area contributed by atoms with Crippen molar-refractivity contribution in [2.24, 2.45) is 0 Å². The van der Waals surface area contributed by atoms with Crippen molar-refractivity contribution in [3.05, 3.63) is 16.1 Å². The molecule has 7 heteroatoms. The summed E-state index contributed by atoms with van der Waals surface area (Å²) in [5.74, 6) is 0.532. The van der Waals surface area contributed by atoms with E-state index in [9.17, 15) is 9.59 Å². The van der Waals surface area contributed by atoms with Crippen LogP contribution in [0.25, 0.3) is 0 Å². The van der Waals surface area contributed by atoms with Crippen LogP contribution >= 0.6 is 23.1 Å². The minimum atomic E-state index is -0.899. The van der Waals surface area contributed by atoms with Crippen LogP contribution in [0.1, 0.15) is 23.5 Å². The Hall–Kier alpha value is -1.08. The summed E-state index contributed by atoms with van der Waals surface area (Å²) < 4.78 is 0. The summed E-state index contributed by atoms with van der Waals surface area (Å²) in [6.45, 7) is 2.17. The zero-order valence-corrected chi connectivity index (χ0v) is 11.8. The Morgan fingerprint density at radius 3 is 2.89 bits per heavy atom. The second kappa shape index (κ2) is 8.10. The van der Waals surface area contributed by atoms with Gasteiger partial charge in [-0.15, -0.1) is 11.3 Å². The Kier molecular flexibility index (Phi) is 6.74. The van der Waals surface area contributed by atoms with E-state index >= 15 is 0 Å². The number of carbonyl (C=O) groups is 2. The van der Waals surface area contributed by atoms with Crippen LogP contribution < -0.4 is 5.32 Å². The van der Waals surface area contributed by atoms with E-state index in [4.69, 9.17) is 5.11 Å². The molecular weight excluding hydrogens is 272 g/mol. The Morgan fingerprint density at radius 2 is 2.28 bits per heavy atom. The lowest BCUT2D eigenvalue weighted by molar-refractivity contribution is -0.136. The van der Waals surface area contributed by atoms with Crippen LogP contribution in [-0.2, 0) is 15.3 Å². The fraction of sp³-hybridized carbons (Fsp3) is 0.545. The lowest BCUT2D eigenvalue weighted by Gasteiger charge is -2.02. The summed E-state index contributed by atoms with van der Waals surface area (Å²) in [6, 6.07) is 0. The number of hydrogen-bond donors (Lipinski definition) is 2. The van der Waals surface area contributed by atoms with Gasteiger partial charge in [-0.05, 0) is 6.92 Å². The maximum atomic E-state index is 11.3. The normalized spacial score (nSPS) is 10.3. The van der Waals surface area contributed by atoms with Gasteiger partial charge in [-0.25, -0.2) is 4.98 Å². The summed E-state index contributed by atoms with van der Waals surface area (Å²) in [6.07, 6.45) is 0.379. The third-order valence-corrected chi connectivity index (χ3v) is 3.87. The number of carbonyl (C=O) groups excluding carboxylic acids is 1. The first-order valence-corrected chi connectivity index (χ1v) is 7.58. The second-order valence-electron chi connectivity index (χ2n) is 3.65. The molecule has 2 N–H and O–H groups in total. The number of hydrogen-bond acceptors (Lipinski definition) is 5. The summed E-state index contributed by atoms with van der Waals surface area (Å²) >= 11 is 3.28. The average molecular weight is 288 g/mol. The van der Waals surface area contributed by atoms with Crippen molar-refractivity contribution < 1.29 is 14.7 Å². The van der Waals surface area contributed by atoms with Gasteiger partial charge in [0.25, 0.3) is 0 Å². The van der Waals surface area contributed by atoms with E-state index in [1.54, 1.807) is 23.1 Å². The van der Waals surface area contributed by atoms with E-state index in [1.807, 2.05) is 12.3 Å². The standard InChI is InChI=1S/C11H16N2O3S2/c1-8-13-9(7-18-8)6-17-5-3-10(14)12-4-2-11(15)16/h7H,2-6H2,1H3,(H,12,14)(H,15,16). The Morgan fingerprint density at radius 1 is 1.50 bits per heavy atom. The van der Waals surface area contributed by atoms with Gasteiger partial charge in [-0.3, -0.25) is 9.59 Å². The van der Waals surface area contributed by atoms with E-state index in [-0.39, 0.29) is 18.9 Å². The van der Waals surface area contributed by atoms with Crippen LogP contribution in [0.4, 0.5) is 0 Å². The molecule has 18 heavy (non-hydrogen) atoms. The van der Waals surface area contributed by atoms with Crippen LogP contribution in [-0.4, -0.2) is 34.3 Å². The van der Waals surface area contributed by atoms with Crippen molar-refractivity contribution in [1.29, 1.82) is 0 Å². The van der Waals surface area contributed by atoms with E-state index in [0.717, 1.165) is 22.2 Å². The van der Waals surface area contributed by atoms with Crippen molar-refractivity contribution in [2.75, 3.05) is 12.3 Å². The predicted octanol–water partition coefficient (Wildman–Crippen LogP) is 1.67. The van der Waals surface area contributed by atoms with E-state index < -0.39 is 5.97 Å². The number of rotatable bonds is 8. The van der Waals surface area contributed by atoms with Gasteiger partial charge in [-0.2, -0.15) is 11.8 Å². The second-order valence-corrected chi connectivity index (χ2v) is 5.82. The number of thiazole rings is 1. The number of carboxylic acids is 1. The van der Waals surface area contributed by atoms with Crippen molar-refractivity contribution in [3.8, 4) is 0 Å². The lowest BCUT2D eigenvalue weighted by Crippen LogP contribution is -2.26. The molecule has 0 spiro atoms. The number of aromatic nitrogens is 1. The summed E-state index contributed by atoms with van der Waals surface area (Å²) in [5, 5.41) is 14.1. The van der Waals surface area contributed by atoms with E-state index in [0.29, 0.717) is 6.42 Å². The van der Waals surface area contributed by atoms with Crippen LogP contribution in [0.3, 0.4) is 0 Å². The largest absolute Gasteiger partial charge is 0.481 e. The fourth-order valence-electron chi connectivity index (χ4n) is 1.21. The molecule has 0 aromatic carbocycles. The molecule has 0 saturated carbocycles. The predicted molar refractivity (Wildman–Crippen MR) is 72.9 cm³/mol. The number of carboxylic acid groups (broad SMARTS) is 1. The molecule has 0 aliphatic heterocycles. The van der Waals surface area contributed by atoms with Crippen LogP contribution in [0.5, 0.6) is 0 Å². The molecule has 0 aliphatic carbocycles. The van der Waals surface area contributed by atoms with Gasteiger partial charge in [0.1, 0.15) is 0 Å². The third kappa shape index (κ3) is 6.61. The summed E-state index contributed by atoms with van der Waals surface area (Å²) in [5.41, 5.74) is 1.05. The van der Waals surface area contributed by atoms with Gasteiger partial charge in [0.05, 0.1) is 17.1 Å². The van der Waals surface area contributed by atoms with Crippen LogP contribution in [0, 0.1) is 6.92 Å². The molecule has 0 unspecified atom stereocenters. The Bertz CT molecular complexity index is 407. The molecule has 0 fully saturated rings. The minimum absolute atomic E-state index is 0.0308. The quantitative estimate of drug-likeness (QED) is 0.711. The van der Waals surface area contributed by atoms with Gasteiger partial charge in [0.15, 0.2) is 0 Å². The lowest BCUT2D eigenvalue weighted by atomic mass is 10.4. The molecule has 1 rings (SSSR count). The third-order valence-electron chi connectivity index (χ3n) is 2.05. The van der Waals surface area contributed by atoms with Crippen molar-refractivity contribution >= 4 is 35.0 Å². The van der Waals surface area contributed by atoms with E-state index in [1.165, 1.54) is 0 Å². The van der Waals surface area contributed by atoms with Gasteiger partial charge in [0, 0.05) is 29.9 Å². The van der Waals surface area contributed by atoms with Crippen LogP contribution in [0.15, 0.2) is 5.38 Å². The minimum Gasteiger partial charge on any atom is -0.481 e. The fourth-order valence-corrected chi connectivity index (χ4v) is 2.76. The molecule has 5 nitrogen and oxygen atoms in total. The monoisotopic (exact) mass is 288 g/mol. The number of nitrogens with zero attached hydrogens (tertiary/aromatic N) is 1. The highest BCUT2D eigenvalue weighted by atomic mass is 32.2.